The van der Waals surface area contributed by atoms with Crippen LogP contribution in [0, 0.1) is 0 Å². The third-order valence-corrected chi connectivity index (χ3v) is 5.98. The number of rotatable bonds is 7. The number of aromatic nitrogens is 3. The zero-order valence-corrected chi connectivity index (χ0v) is 20.3. The molecule has 178 valence electrons. The van der Waals surface area contributed by atoms with E-state index in [0.717, 1.165) is 39.4 Å². The molecule has 0 saturated heterocycles. The maximum atomic E-state index is 14.3. The van der Waals surface area contributed by atoms with Crippen LogP contribution in [0.4, 0.5) is 4.39 Å². The van der Waals surface area contributed by atoms with E-state index in [4.69, 9.17) is 0 Å². The summed E-state index contributed by atoms with van der Waals surface area (Å²) in [6.45, 7) is 8.83. The minimum absolute atomic E-state index is 0.154. The first-order valence-corrected chi connectivity index (χ1v) is 11.3. The van der Waals surface area contributed by atoms with Crippen LogP contribution >= 0.6 is 0 Å². The van der Waals surface area contributed by atoms with Crippen molar-refractivity contribution in [2.24, 2.45) is 0 Å². The van der Waals surface area contributed by atoms with Crippen LogP contribution in [0.1, 0.15) is 54.0 Å². The Hall–Kier alpha value is -4.13. The molecule has 3 aromatic rings. The lowest BCUT2D eigenvalue weighted by Gasteiger charge is -2.20. The van der Waals surface area contributed by atoms with Gasteiger partial charge < -0.3 is 10.6 Å². The molecule has 1 aliphatic carbocycles. The predicted octanol–water partition coefficient (Wildman–Crippen LogP) is 5.29. The molecule has 3 heterocycles. The largest absolute Gasteiger partial charge is 0.387 e. The highest BCUT2D eigenvalue weighted by Crippen LogP contribution is 2.36. The van der Waals surface area contributed by atoms with Gasteiger partial charge in [-0.15, -0.1) is 0 Å². The molecule has 0 fully saturated rings. The Labute approximate surface area is 204 Å². The molecule has 1 unspecified atom stereocenters. The molecule has 0 radical (unpaired) electrons. The summed E-state index contributed by atoms with van der Waals surface area (Å²) in [5.41, 5.74) is 5.09. The van der Waals surface area contributed by atoms with Crippen LogP contribution in [0.2, 0.25) is 0 Å². The Balaban J connectivity index is 1.60. The average Bonchev–Trinajstić information content (AvgIpc) is 3.22. The van der Waals surface area contributed by atoms with Crippen molar-refractivity contribution in [2.75, 3.05) is 7.05 Å². The Kier molecular flexibility index (Phi) is 6.60. The van der Waals surface area contributed by atoms with Gasteiger partial charge in [0.05, 0.1) is 17.1 Å². The molecule has 0 aromatic carbocycles. The SMILES string of the molecule is C=C(NC)c1cc(-c2cncc(C3C(C)=CC=C3NC(=O)c3ccnc(C(C)(C)F)c3)c2)ccn1. The fourth-order valence-electron chi connectivity index (χ4n) is 3.99. The summed E-state index contributed by atoms with van der Waals surface area (Å²) >= 11 is 0. The van der Waals surface area contributed by atoms with Crippen molar-refractivity contribution >= 4 is 11.6 Å². The Bertz CT molecular complexity index is 1350. The Morgan fingerprint density at radius 3 is 2.57 bits per heavy atom. The molecule has 0 bridgehead atoms. The number of nitrogens with one attached hydrogen (secondary N) is 2. The summed E-state index contributed by atoms with van der Waals surface area (Å²) in [5.74, 6) is -0.468. The lowest BCUT2D eigenvalue weighted by Crippen LogP contribution is -2.26. The normalized spacial score (nSPS) is 15.3. The van der Waals surface area contributed by atoms with E-state index in [9.17, 15) is 9.18 Å². The topological polar surface area (TPSA) is 79.8 Å². The maximum Gasteiger partial charge on any atom is 0.255 e. The molecule has 4 rings (SSSR count). The molecule has 6 nitrogen and oxygen atoms in total. The van der Waals surface area contributed by atoms with E-state index in [0.29, 0.717) is 5.56 Å². The molecule has 3 aromatic heterocycles. The summed E-state index contributed by atoms with van der Waals surface area (Å²) in [7, 11) is 1.81. The Morgan fingerprint density at radius 2 is 1.83 bits per heavy atom. The zero-order chi connectivity index (χ0) is 25.2. The van der Waals surface area contributed by atoms with Crippen molar-refractivity contribution < 1.29 is 9.18 Å². The number of nitrogens with zero attached hydrogens (tertiary/aromatic N) is 3. The van der Waals surface area contributed by atoms with E-state index >= 15 is 0 Å². The number of pyridine rings is 3. The minimum Gasteiger partial charge on any atom is -0.387 e. The summed E-state index contributed by atoms with van der Waals surface area (Å²) in [5, 5.41) is 6.02. The van der Waals surface area contributed by atoms with Gasteiger partial charge in [0.15, 0.2) is 0 Å². The zero-order valence-electron chi connectivity index (χ0n) is 20.3. The second-order valence-electron chi connectivity index (χ2n) is 8.99. The summed E-state index contributed by atoms with van der Waals surface area (Å²) in [6, 6.07) is 9.02. The predicted molar refractivity (Wildman–Crippen MR) is 136 cm³/mol. The van der Waals surface area contributed by atoms with Gasteiger partial charge in [-0.1, -0.05) is 18.2 Å². The molecule has 0 saturated carbocycles. The van der Waals surface area contributed by atoms with Crippen LogP contribution < -0.4 is 10.6 Å². The number of hydrogen-bond donors (Lipinski definition) is 2. The lowest BCUT2D eigenvalue weighted by molar-refractivity contribution is 0.0964. The molecule has 0 aliphatic heterocycles. The fraction of sp³-hybridized carbons (Fsp3) is 0.214. The molecule has 35 heavy (non-hydrogen) atoms. The van der Waals surface area contributed by atoms with Crippen molar-refractivity contribution in [3.05, 3.63) is 108 Å². The number of carbonyl (C=O) groups excluding carboxylic acids is 1. The number of carbonyl (C=O) groups is 1. The van der Waals surface area contributed by atoms with Gasteiger partial charge in [0.2, 0.25) is 0 Å². The van der Waals surface area contributed by atoms with Gasteiger partial charge in [0.25, 0.3) is 5.91 Å². The highest BCUT2D eigenvalue weighted by molar-refractivity contribution is 5.95. The Morgan fingerprint density at radius 1 is 1.06 bits per heavy atom. The van der Waals surface area contributed by atoms with Crippen LogP contribution in [0.15, 0.2) is 85.1 Å². The molecular weight excluding hydrogens is 441 g/mol. The number of amides is 1. The monoisotopic (exact) mass is 469 g/mol. The van der Waals surface area contributed by atoms with E-state index in [1.165, 1.54) is 26.1 Å². The number of hydrogen-bond acceptors (Lipinski definition) is 5. The number of alkyl halides is 1. The second-order valence-corrected chi connectivity index (χ2v) is 8.99. The first-order valence-electron chi connectivity index (χ1n) is 11.3. The maximum absolute atomic E-state index is 14.3. The molecule has 1 atom stereocenters. The molecule has 1 amide bonds. The van der Waals surface area contributed by atoms with Crippen LogP contribution in [0.5, 0.6) is 0 Å². The van der Waals surface area contributed by atoms with Gasteiger partial charge in [-0.3, -0.25) is 19.7 Å². The van der Waals surface area contributed by atoms with Crippen molar-refractivity contribution in [1.82, 2.24) is 25.6 Å². The van der Waals surface area contributed by atoms with Gasteiger partial charge in [0.1, 0.15) is 5.67 Å². The smallest absolute Gasteiger partial charge is 0.255 e. The third kappa shape index (κ3) is 5.19. The molecule has 2 N–H and O–H groups in total. The highest BCUT2D eigenvalue weighted by Gasteiger charge is 2.26. The molecule has 7 heteroatoms. The summed E-state index contributed by atoms with van der Waals surface area (Å²) in [6.07, 6.45) is 10.7. The van der Waals surface area contributed by atoms with Gasteiger partial charge in [-0.25, -0.2) is 4.39 Å². The van der Waals surface area contributed by atoms with Crippen molar-refractivity contribution in [1.29, 1.82) is 0 Å². The van der Waals surface area contributed by atoms with E-state index < -0.39 is 5.67 Å². The quantitative estimate of drug-likeness (QED) is 0.491. The second kappa shape index (κ2) is 9.62. The van der Waals surface area contributed by atoms with Gasteiger partial charge in [-0.05, 0) is 68.3 Å². The third-order valence-electron chi connectivity index (χ3n) is 5.98. The minimum atomic E-state index is -1.64. The van der Waals surface area contributed by atoms with Gasteiger partial charge in [-0.2, -0.15) is 0 Å². The highest BCUT2D eigenvalue weighted by atomic mass is 19.1. The lowest BCUT2D eigenvalue weighted by atomic mass is 9.91. The van der Waals surface area contributed by atoms with E-state index in [2.05, 4.69) is 38.2 Å². The fourth-order valence-corrected chi connectivity index (χ4v) is 3.99. The van der Waals surface area contributed by atoms with Crippen LogP contribution in [-0.2, 0) is 5.67 Å². The van der Waals surface area contributed by atoms with Crippen molar-refractivity contribution in [3.8, 4) is 11.1 Å². The van der Waals surface area contributed by atoms with Crippen molar-refractivity contribution in [2.45, 2.75) is 32.4 Å². The molecular formula is C28H28FN5O. The van der Waals surface area contributed by atoms with Crippen LogP contribution in [-0.4, -0.2) is 27.9 Å². The first kappa shape index (κ1) is 24.0. The van der Waals surface area contributed by atoms with Crippen LogP contribution in [0.3, 0.4) is 0 Å². The standard InChI is InChI=1S/C28H28FN5O/c1-17-6-7-23(34-27(35)20-9-11-33-25(14-20)28(3,4)29)26(17)22-12-21(15-31-16-22)19-8-10-32-24(13-19)18(2)30-5/h6-16,26,30H,2H2,1,3-5H3,(H,34,35). The van der Waals surface area contributed by atoms with Gasteiger partial charge in [0, 0.05) is 54.6 Å². The van der Waals surface area contributed by atoms with E-state index in [1.807, 2.05) is 37.4 Å². The van der Waals surface area contributed by atoms with E-state index in [-0.39, 0.29) is 17.5 Å². The average molecular weight is 470 g/mol. The van der Waals surface area contributed by atoms with Gasteiger partial charge >= 0.3 is 0 Å². The van der Waals surface area contributed by atoms with Crippen LogP contribution in [0.25, 0.3) is 16.8 Å². The summed E-state index contributed by atoms with van der Waals surface area (Å²) in [4.78, 5) is 25.9. The van der Waals surface area contributed by atoms with E-state index in [1.54, 1.807) is 25.5 Å². The van der Waals surface area contributed by atoms with Crippen molar-refractivity contribution in [3.63, 3.8) is 0 Å². The first-order chi connectivity index (χ1) is 16.7. The molecule has 1 aliphatic rings. The number of halogens is 1. The number of allylic oxidation sites excluding steroid dienone is 3. The molecule has 0 spiro atoms. The summed E-state index contributed by atoms with van der Waals surface area (Å²) < 4.78 is 14.3.